The first-order valence-corrected chi connectivity index (χ1v) is 6.42. The van der Waals surface area contributed by atoms with Gasteiger partial charge in [0.1, 0.15) is 5.82 Å². The fourth-order valence-corrected chi connectivity index (χ4v) is 1.93. The molecule has 1 saturated carbocycles. The highest BCUT2D eigenvalue weighted by Gasteiger charge is 2.26. The highest BCUT2D eigenvalue weighted by atomic mass is 16.1. The standard InChI is InChI=1S/C15H15N3O/c1-10-3-2-4-13(7-10)18-15(19)12-8-16-14(17-9-12)11-5-6-11/h2-4,7-9,11H,5-6H2,1H3,(H,18,19). The highest BCUT2D eigenvalue weighted by Crippen LogP contribution is 2.37. The Morgan fingerprint density at radius 3 is 2.63 bits per heavy atom. The molecule has 1 N–H and O–H groups in total. The van der Waals surface area contributed by atoms with E-state index in [-0.39, 0.29) is 5.91 Å². The third-order valence-corrected chi connectivity index (χ3v) is 3.15. The first-order valence-electron chi connectivity index (χ1n) is 6.42. The Morgan fingerprint density at radius 1 is 1.26 bits per heavy atom. The summed E-state index contributed by atoms with van der Waals surface area (Å²) >= 11 is 0. The lowest BCUT2D eigenvalue weighted by atomic mass is 10.2. The molecule has 0 unspecified atom stereocenters. The molecule has 1 aliphatic rings. The monoisotopic (exact) mass is 253 g/mol. The first kappa shape index (κ1) is 11.8. The van der Waals surface area contributed by atoms with Gasteiger partial charge in [-0.3, -0.25) is 4.79 Å². The summed E-state index contributed by atoms with van der Waals surface area (Å²) in [5.41, 5.74) is 2.39. The van der Waals surface area contributed by atoms with Gasteiger partial charge in [-0.2, -0.15) is 0 Å². The molecule has 1 fully saturated rings. The van der Waals surface area contributed by atoms with Crippen molar-refractivity contribution in [1.82, 2.24) is 9.97 Å². The summed E-state index contributed by atoms with van der Waals surface area (Å²) in [5.74, 6) is 1.19. The molecule has 1 aliphatic carbocycles. The normalized spacial score (nSPS) is 14.2. The van der Waals surface area contributed by atoms with Crippen molar-refractivity contribution in [2.45, 2.75) is 25.7 Å². The van der Waals surface area contributed by atoms with Crippen LogP contribution in [-0.2, 0) is 0 Å². The van der Waals surface area contributed by atoms with E-state index in [1.165, 1.54) is 0 Å². The number of amides is 1. The zero-order chi connectivity index (χ0) is 13.2. The van der Waals surface area contributed by atoms with E-state index in [0.717, 1.165) is 29.9 Å². The lowest BCUT2D eigenvalue weighted by molar-refractivity contribution is 0.102. The SMILES string of the molecule is Cc1cccc(NC(=O)c2cnc(C3CC3)nc2)c1. The smallest absolute Gasteiger partial charge is 0.258 e. The van der Waals surface area contributed by atoms with Crippen LogP contribution in [0.4, 0.5) is 5.69 Å². The van der Waals surface area contributed by atoms with Gasteiger partial charge in [-0.25, -0.2) is 9.97 Å². The Kier molecular flexibility index (Phi) is 2.99. The van der Waals surface area contributed by atoms with Crippen LogP contribution in [0.1, 0.15) is 40.5 Å². The summed E-state index contributed by atoms with van der Waals surface area (Å²) in [5, 5.41) is 2.84. The van der Waals surface area contributed by atoms with Gasteiger partial charge in [-0.05, 0) is 37.5 Å². The molecule has 19 heavy (non-hydrogen) atoms. The molecule has 1 amide bonds. The predicted octanol–water partition coefficient (Wildman–Crippen LogP) is 2.91. The molecule has 0 spiro atoms. The van der Waals surface area contributed by atoms with Gasteiger partial charge in [0.25, 0.3) is 5.91 Å². The summed E-state index contributed by atoms with van der Waals surface area (Å²) in [6, 6.07) is 7.70. The van der Waals surface area contributed by atoms with Crippen molar-refractivity contribution in [3.8, 4) is 0 Å². The van der Waals surface area contributed by atoms with Crippen molar-refractivity contribution in [2.75, 3.05) is 5.32 Å². The molecule has 1 aromatic carbocycles. The number of carbonyl (C=O) groups is 1. The molecule has 3 rings (SSSR count). The predicted molar refractivity (Wildman–Crippen MR) is 73.1 cm³/mol. The molecule has 4 nitrogen and oxygen atoms in total. The van der Waals surface area contributed by atoms with Crippen LogP contribution in [0.15, 0.2) is 36.7 Å². The van der Waals surface area contributed by atoms with Crippen molar-refractivity contribution < 1.29 is 4.79 Å². The second-order valence-electron chi connectivity index (χ2n) is 4.93. The first-order chi connectivity index (χ1) is 9.22. The second kappa shape index (κ2) is 4.80. The van der Waals surface area contributed by atoms with Gasteiger partial charge in [0.05, 0.1) is 5.56 Å². The van der Waals surface area contributed by atoms with Crippen LogP contribution in [-0.4, -0.2) is 15.9 Å². The zero-order valence-electron chi connectivity index (χ0n) is 10.8. The van der Waals surface area contributed by atoms with E-state index in [0.29, 0.717) is 11.5 Å². The van der Waals surface area contributed by atoms with Gasteiger partial charge in [0, 0.05) is 24.0 Å². The minimum absolute atomic E-state index is 0.173. The number of nitrogens with zero attached hydrogens (tertiary/aromatic N) is 2. The molecule has 1 heterocycles. The Hall–Kier alpha value is -2.23. The van der Waals surface area contributed by atoms with E-state index < -0.39 is 0 Å². The zero-order valence-corrected chi connectivity index (χ0v) is 10.8. The Bertz CT molecular complexity index is 603. The molecule has 0 aliphatic heterocycles. The van der Waals surface area contributed by atoms with Crippen LogP contribution in [0.5, 0.6) is 0 Å². The molecule has 0 bridgehead atoms. The lowest BCUT2D eigenvalue weighted by Gasteiger charge is -2.06. The summed E-state index contributed by atoms with van der Waals surface area (Å²) in [4.78, 5) is 20.5. The molecular weight excluding hydrogens is 238 g/mol. The maximum atomic E-state index is 12.0. The van der Waals surface area contributed by atoms with Crippen LogP contribution in [0.3, 0.4) is 0 Å². The van der Waals surface area contributed by atoms with Gasteiger partial charge in [-0.1, -0.05) is 12.1 Å². The van der Waals surface area contributed by atoms with Crippen LogP contribution in [0.25, 0.3) is 0 Å². The van der Waals surface area contributed by atoms with Crippen LogP contribution in [0.2, 0.25) is 0 Å². The third-order valence-electron chi connectivity index (χ3n) is 3.15. The number of aromatic nitrogens is 2. The number of benzene rings is 1. The van der Waals surface area contributed by atoms with Crippen LogP contribution < -0.4 is 5.32 Å². The summed E-state index contributed by atoms with van der Waals surface area (Å²) in [6.07, 6.45) is 5.53. The fourth-order valence-electron chi connectivity index (χ4n) is 1.93. The van der Waals surface area contributed by atoms with Gasteiger partial charge < -0.3 is 5.32 Å². The maximum Gasteiger partial charge on any atom is 0.258 e. The second-order valence-corrected chi connectivity index (χ2v) is 4.93. The Balaban J connectivity index is 1.72. The van der Waals surface area contributed by atoms with E-state index in [2.05, 4.69) is 15.3 Å². The number of rotatable bonds is 3. The summed E-state index contributed by atoms with van der Waals surface area (Å²) < 4.78 is 0. The average molecular weight is 253 g/mol. The number of hydrogen-bond donors (Lipinski definition) is 1. The number of nitrogens with one attached hydrogen (secondary N) is 1. The van der Waals surface area contributed by atoms with E-state index in [4.69, 9.17) is 0 Å². The van der Waals surface area contributed by atoms with E-state index >= 15 is 0 Å². The maximum absolute atomic E-state index is 12.0. The van der Waals surface area contributed by atoms with Crippen molar-refractivity contribution in [3.05, 3.63) is 53.6 Å². The average Bonchev–Trinajstić information content (AvgIpc) is 3.23. The van der Waals surface area contributed by atoms with E-state index in [1.54, 1.807) is 12.4 Å². The largest absolute Gasteiger partial charge is 0.322 e. The van der Waals surface area contributed by atoms with Gasteiger partial charge in [0.15, 0.2) is 0 Å². The van der Waals surface area contributed by atoms with Gasteiger partial charge in [-0.15, -0.1) is 0 Å². The molecule has 0 radical (unpaired) electrons. The number of aryl methyl sites for hydroxylation is 1. The quantitative estimate of drug-likeness (QED) is 0.915. The van der Waals surface area contributed by atoms with Crippen molar-refractivity contribution in [3.63, 3.8) is 0 Å². The summed E-state index contributed by atoms with van der Waals surface area (Å²) in [7, 11) is 0. The van der Waals surface area contributed by atoms with Crippen molar-refractivity contribution in [1.29, 1.82) is 0 Å². The van der Waals surface area contributed by atoms with E-state index in [9.17, 15) is 4.79 Å². The van der Waals surface area contributed by atoms with E-state index in [1.807, 2.05) is 31.2 Å². The van der Waals surface area contributed by atoms with Crippen LogP contribution >= 0.6 is 0 Å². The third kappa shape index (κ3) is 2.78. The Labute approximate surface area is 111 Å². The van der Waals surface area contributed by atoms with Crippen molar-refractivity contribution in [2.24, 2.45) is 0 Å². The number of carbonyl (C=O) groups excluding carboxylic acids is 1. The van der Waals surface area contributed by atoms with Gasteiger partial charge >= 0.3 is 0 Å². The minimum Gasteiger partial charge on any atom is -0.322 e. The molecule has 96 valence electrons. The Morgan fingerprint density at radius 2 is 2.00 bits per heavy atom. The molecule has 2 aromatic rings. The van der Waals surface area contributed by atoms with Crippen molar-refractivity contribution >= 4 is 11.6 Å². The molecule has 0 atom stereocenters. The molecule has 1 aromatic heterocycles. The van der Waals surface area contributed by atoms with Gasteiger partial charge in [0.2, 0.25) is 0 Å². The highest BCUT2D eigenvalue weighted by molar-refractivity contribution is 6.03. The lowest BCUT2D eigenvalue weighted by Crippen LogP contribution is -2.13. The minimum atomic E-state index is -0.173. The fraction of sp³-hybridized carbons (Fsp3) is 0.267. The van der Waals surface area contributed by atoms with Crippen LogP contribution in [0, 0.1) is 6.92 Å². The summed E-state index contributed by atoms with van der Waals surface area (Å²) in [6.45, 7) is 1.99. The molecule has 4 heteroatoms. The number of anilines is 1. The number of hydrogen-bond acceptors (Lipinski definition) is 3. The topological polar surface area (TPSA) is 54.9 Å². The molecular formula is C15H15N3O. The molecule has 0 saturated heterocycles.